The van der Waals surface area contributed by atoms with Crippen LogP contribution in [-0.4, -0.2) is 31.4 Å². The van der Waals surface area contributed by atoms with Gasteiger partial charge in [0.1, 0.15) is 6.04 Å². The number of hydrogen-bond donors (Lipinski definition) is 3. The average Bonchev–Trinajstić information content (AvgIpc) is 2.75. The van der Waals surface area contributed by atoms with E-state index >= 15 is 0 Å². The molecule has 0 saturated carbocycles. The van der Waals surface area contributed by atoms with Crippen LogP contribution in [0.3, 0.4) is 0 Å². The summed E-state index contributed by atoms with van der Waals surface area (Å²) in [6.45, 7) is 2.99. The fourth-order valence-corrected chi connectivity index (χ4v) is 5.04. The molecule has 1 unspecified atom stereocenters. The Bertz CT molecular complexity index is 1290. The van der Waals surface area contributed by atoms with E-state index in [1.807, 2.05) is 30.3 Å². The molecule has 3 N–H and O–H groups in total. The van der Waals surface area contributed by atoms with Gasteiger partial charge in [-0.05, 0) is 59.9 Å². The number of carboxylic acid groups (broad SMARTS) is 1. The summed E-state index contributed by atoms with van der Waals surface area (Å²) in [7, 11) is -4.09. The number of benzene rings is 3. The summed E-state index contributed by atoms with van der Waals surface area (Å²) >= 11 is 6.02. The Hall–Kier alpha value is -3.20. The second kappa shape index (κ2) is 10.2. The first-order chi connectivity index (χ1) is 15.6. The second-order valence-corrected chi connectivity index (χ2v) is 9.63. The lowest BCUT2D eigenvalue weighted by atomic mass is 10.0. The van der Waals surface area contributed by atoms with Gasteiger partial charge in [-0.2, -0.15) is 4.72 Å². The first-order valence-electron chi connectivity index (χ1n) is 10.0. The minimum atomic E-state index is -4.09. The first-order valence-corrected chi connectivity index (χ1v) is 11.9. The number of amides is 1. The van der Waals surface area contributed by atoms with Crippen molar-refractivity contribution in [3.63, 3.8) is 0 Å². The third-order valence-electron chi connectivity index (χ3n) is 5.01. The highest BCUT2D eigenvalue weighted by Crippen LogP contribution is 2.25. The van der Waals surface area contributed by atoms with Gasteiger partial charge >= 0.3 is 5.97 Å². The number of halogens is 1. The van der Waals surface area contributed by atoms with E-state index in [0.29, 0.717) is 16.8 Å². The molecule has 7 nitrogen and oxygen atoms in total. The molecular weight excluding hydrogens is 464 g/mol. The number of anilines is 1. The van der Waals surface area contributed by atoms with Crippen LogP contribution in [0.5, 0.6) is 0 Å². The van der Waals surface area contributed by atoms with E-state index in [1.165, 1.54) is 19.1 Å². The molecule has 1 atom stereocenters. The summed E-state index contributed by atoms with van der Waals surface area (Å²) in [5.74, 6) is -1.46. The van der Waals surface area contributed by atoms with Crippen molar-refractivity contribution in [3.05, 3.63) is 82.9 Å². The van der Waals surface area contributed by atoms with E-state index in [2.05, 4.69) is 10.0 Å². The summed E-state index contributed by atoms with van der Waals surface area (Å²) in [6, 6.07) is 17.5. The molecule has 33 heavy (non-hydrogen) atoms. The van der Waals surface area contributed by atoms with E-state index in [0.717, 1.165) is 11.1 Å². The molecule has 0 aliphatic rings. The molecule has 3 aromatic rings. The summed E-state index contributed by atoms with van der Waals surface area (Å²) in [5.41, 5.74) is 3.41. The van der Waals surface area contributed by atoms with Gasteiger partial charge < -0.3 is 10.4 Å². The van der Waals surface area contributed by atoms with E-state index in [-0.39, 0.29) is 22.2 Å². The van der Waals surface area contributed by atoms with Crippen LogP contribution in [0.25, 0.3) is 11.1 Å². The van der Waals surface area contributed by atoms with Crippen molar-refractivity contribution >= 4 is 39.2 Å². The third kappa shape index (κ3) is 6.19. The second-order valence-electron chi connectivity index (χ2n) is 7.54. The van der Waals surface area contributed by atoms with Gasteiger partial charge in [-0.3, -0.25) is 9.59 Å². The van der Waals surface area contributed by atoms with Crippen LogP contribution in [0, 0.1) is 6.92 Å². The highest BCUT2D eigenvalue weighted by Gasteiger charge is 2.27. The molecular formula is C24H23ClN2O5S. The number of carbonyl (C=O) groups excluding carboxylic acids is 1. The molecule has 0 fully saturated rings. The zero-order valence-corrected chi connectivity index (χ0v) is 19.6. The van der Waals surface area contributed by atoms with Crippen molar-refractivity contribution in [2.45, 2.75) is 31.2 Å². The SMILES string of the molecule is CC(=O)Nc1cccc(-c2ccc(CC(NS(=O)(=O)c3cccc(Cl)c3C)C(=O)O)cc2)c1. The molecule has 3 aromatic carbocycles. The molecule has 0 saturated heterocycles. The van der Waals surface area contributed by atoms with Crippen LogP contribution in [0.15, 0.2) is 71.6 Å². The van der Waals surface area contributed by atoms with Gasteiger partial charge in [-0.1, -0.05) is 54.1 Å². The van der Waals surface area contributed by atoms with E-state index in [4.69, 9.17) is 11.6 Å². The Kier molecular flexibility index (Phi) is 7.53. The lowest BCUT2D eigenvalue weighted by Gasteiger charge is -2.17. The number of rotatable bonds is 8. The number of hydrogen-bond acceptors (Lipinski definition) is 4. The van der Waals surface area contributed by atoms with Crippen molar-refractivity contribution in [2.75, 3.05) is 5.32 Å². The predicted molar refractivity (Wildman–Crippen MR) is 128 cm³/mol. The Morgan fingerprint density at radius 2 is 1.67 bits per heavy atom. The Morgan fingerprint density at radius 3 is 2.30 bits per heavy atom. The molecule has 0 spiro atoms. The minimum Gasteiger partial charge on any atom is -0.480 e. The number of carbonyl (C=O) groups is 2. The van der Waals surface area contributed by atoms with Crippen LogP contribution in [0.4, 0.5) is 5.69 Å². The number of carboxylic acids is 1. The van der Waals surface area contributed by atoms with Crippen molar-refractivity contribution < 1.29 is 23.1 Å². The van der Waals surface area contributed by atoms with Gasteiger partial charge in [-0.15, -0.1) is 0 Å². The van der Waals surface area contributed by atoms with Crippen LogP contribution in [-0.2, 0) is 26.0 Å². The largest absolute Gasteiger partial charge is 0.480 e. The molecule has 1 amide bonds. The summed E-state index contributed by atoms with van der Waals surface area (Å²) in [6.07, 6.45) is -0.0413. The molecule has 9 heteroatoms. The lowest BCUT2D eigenvalue weighted by molar-refractivity contribution is -0.138. The van der Waals surface area contributed by atoms with E-state index in [1.54, 1.807) is 31.2 Å². The summed E-state index contributed by atoms with van der Waals surface area (Å²) < 4.78 is 27.9. The molecule has 3 rings (SSSR count). The number of sulfonamides is 1. The monoisotopic (exact) mass is 486 g/mol. The van der Waals surface area contributed by atoms with Gasteiger partial charge in [0.25, 0.3) is 0 Å². The zero-order valence-electron chi connectivity index (χ0n) is 18.0. The third-order valence-corrected chi connectivity index (χ3v) is 7.04. The van der Waals surface area contributed by atoms with Gasteiger partial charge in [0.15, 0.2) is 0 Å². The van der Waals surface area contributed by atoms with Crippen LogP contribution in [0.2, 0.25) is 5.02 Å². The predicted octanol–water partition coefficient (Wildman–Crippen LogP) is 4.25. The minimum absolute atomic E-state index is 0.0413. The fourth-order valence-electron chi connectivity index (χ4n) is 3.36. The Labute approximate surface area is 197 Å². The quantitative estimate of drug-likeness (QED) is 0.440. The molecule has 0 aromatic heterocycles. The van der Waals surface area contributed by atoms with Gasteiger partial charge in [0.05, 0.1) is 4.90 Å². The Balaban J connectivity index is 1.79. The van der Waals surface area contributed by atoms with Crippen molar-refractivity contribution in [3.8, 4) is 11.1 Å². The van der Waals surface area contributed by atoms with Crippen molar-refractivity contribution in [1.82, 2.24) is 4.72 Å². The Morgan fingerprint density at radius 1 is 1.00 bits per heavy atom. The maximum Gasteiger partial charge on any atom is 0.322 e. The molecule has 0 aliphatic heterocycles. The van der Waals surface area contributed by atoms with Gasteiger partial charge in [0.2, 0.25) is 15.9 Å². The van der Waals surface area contributed by atoms with Gasteiger partial charge in [-0.25, -0.2) is 8.42 Å². The maximum absolute atomic E-state index is 12.8. The smallest absolute Gasteiger partial charge is 0.322 e. The van der Waals surface area contributed by atoms with Crippen molar-refractivity contribution in [2.24, 2.45) is 0 Å². The molecule has 0 heterocycles. The van der Waals surface area contributed by atoms with Gasteiger partial charge in [0, 0.05) is 17.6 Å². The summed E-state index contributed by atoms with van der Waals surface area (Å²) in [5, 5.41) is 12.6. The molecule has 0 aliphatic carbocycles. The number of nitrogens with one attached hydrogen (secondary N) is 2. The highest BCUT2D eigenvalue weighted by atomic mass is 35.5. The topological polar surface area (TPSA) is 113 Å². The van der Waals surface area contributed by atoms with E-state index < -0.39 is 22.0 Å². The summed E-state index contributed by atoms with van der Waals surface area (Å²) in [4.78, 5) is 23.0. The first kappa shape index (κ1) is 24.4. The maximum atomic E-state index is 12.8. The number of aliphatic carboxylic acids is 1. The average molecular weight is 487 g/mol. The fraction of sp³-hybridized carbons (Fsp3) is 0.167. The normalized spacial score (nSPS) is 12.2. The standard InChI is InChI=1S/C24H23ClN2O5S/c1-15-21(25)7-4-8-23(15)33(31,32)27-22(24(29)30)13-17-9-11-18(12-10-17)19-5-3-6-20(14-19)26-16(2)28/h3-12,14,22,27H,13H2,1-2H3,(H,26,28)(H,29,30). The van der Waals surface area contributed by atoms with Crippen LogP contribution in [0.1, 0.15) is 18.1 Å². The van der Waals surface area contributed by atoms with Crippen LogP contribution >= 0.6 is 11.6 Å². The molecule has 0 bridgehead atoms. The van der Waals surface area contributed by atoms with Crippen LogP contribution < -0.4 is 10.0 Å². The van der Waals surface area contributed by atoms with E-state index in [9.17, 15) is 23.1 Å². The van der Waals surface area contributed by atoms with Crippen molar-refractivity contribution in [1.29, 1.82) is 0 Å². The molecule has 0 radical (unpaired) electrons. The molecule has 172 valence electrons. The highest BCUT2D eigenvalue weighted by molar-refractivity contribution is 7.89. The lowest BCUT2D eigenvalue weighted by Crippen LogP contribution is -2.42. The zero-order chi connectivity index (χ0) is 24.2.